The summed E-state index contributed by atoms with van der Waals surface area (Å²) in [5.74, 6) is -0.696. The molecule has 1 aromatic rings. The second-order valence-corrected chi connectivity index (χ2v) is 6.57. The average Bonchev–Trinajstić information content (AvgIpc) is 2.90. The molecule has 2 amide bonds. The maximum Gasteiger partial charge on any atom is 0.228 e. The van der Waals surface area contributed by atoms with Gasteiger partial charge in [-0.05, 0) is 24.2 Å². The summed E-state index contributed by atoms with van der Waals surface area (Å²) in [5, 5.41) is 0. The zero-order valence-corrected chi connectivity index (χ0v) is 14.2. The Labute approximate surface area is 142 Å². The van der Waals surface area contributed by atoms with Gasteiger partial charge in [0.15, 0.2) is 0 Å². The number of nitrogens with zero attached hydrogens (tertiary/aromatic N) is 3. The lowest BCUT2D eigenvalue weighted by atomic mass is 9.92. The molecule has 2 heterocycles. The summed E-state index contributed by atoms with van der Waals surface area (Å²) in [4.78, 5) is 31.0. The van der Waals surface area contributed by atoms with E-state index in [0.29, 0.717) is 13.1 Å². The molecule has 2 fully saturated rings. The fraction of sp³-hybridized carbons (Fsp3) is 0.556. The van der Waals surface area contributed by atoms with Crippen molar-refractivity contribution in [3.63, 3.8) is 0 Å². The van der Waals surface area contributed by atoms with E-state index in [2.05, 4.69) is 11.8 Å². The van der Waals surface area contributed by atoms with Crippen LogP contribution in [-0.4, -0.2) is 66.3 Å². The zero-order valence-electron chi connectivity index (χ0n) is 14.2. The highest BCUT2D eigenvalue weighted by Crippen LogP contribution is 2.38. The molecule has 0 bridgehead atoms. The molecule has 0 unspecified atom stereocenters. The van der Waals surface area contributed by atoms with Crippen molar-refractivity contribution < 1.29 is 14.0 Å². The number of amides is 2. The molecule has 2 saturated heterocycles. The van der Waals surface area contributed by atoms with Gasteiger partial charge in [-0.25, -0.2) is 4.39 Å². The number of likely N-dealkylation sites (tertiary alicyclic amines) is 1. The number of halogens is 1. The van der Waals surface area contributed by atoms with E-state index in [4.69, 9.17) is 0 Å². The molecule has 0 N–H and O–H groups in total. The SMILES string of the molecule is CCN1CCN(C(=O)[C@@H]2CC(=O)N(C)[C@H]2c2ccc(F)cc2)CC1. The predicted octanol–water partition coefficient (Wildman–Crippen LogP) is 1.51. The summed E-state index contributed by atoms with van der Waals surface area (Å²) in [7, 11) is 1.72. The lowest BCUT2D eigenvalue weighted by Crippen LogP contribution is -2.50. The van der Waals surface area contributed by atoms with Crippen LogP contribution in [0.1, 0.15) is 24.9 Å². The van der Waals surface area contributed by atoms with Crippen molar-refractivity contribution in [2.75, 3.05) is 39.8 Å². The van der Waals surface area contributed by atoms with Gasteiger partial charge in [0.25, 0.3) is 0 Å². The number of piperazine rings is 1. The minimum absolute atomic E-state index is 0.0325. The molecule has 0 saturated carbocycles. The first-order valence-electron chi connectivity index (χ1n) is 8.53. The minimum atomic E-state index is -0.388. The van der Waals surface area contributed by atoms with Gasteiger partial charge in [-0.3, -0.25) is 9.59 Å². The van der Waals surface area contributed by atoms with E-state index in [-0.39, 0.29) is 36.0 Å². The van der Waals surface area contributed by atoms with E-state index in [0.717, 1.165) is 25.2 Å². The van der Waals surface area contributed by atoms with Crippen LogP contribution in [0, 0.1) is 11.7 Å². The van der Waals surface area contributed by atoms with Crippen LogP contribution in [0.4, 0.5) is 4.39 Å². The Hall–Kier alpha value is -1.95. The molecule has 0 aliphatic carbocycles. The first kappa shape index (κ1) is 16.9. The molecule has 0 spiro atoms. The smallest absolute Gasteiger partial charge is 0.228 e. The van der Waals surface area contributed by atoms with Crippen molar-refractivity contribution >= 4 is 11.8 Å². The van der Waals surface area contributed by atoms with Gasteiger partial charge in [0.05, 0.1) is 12.0 Å². The van der Waals surface area contributed by atoms with Crippen molar-refractivity contribution in [1.29, 1.82) is 0 Å². The third-order valence-electron chi connectivity index (χ3n) is 5.25. The maximum absolute atomic E-state index is 13.2. The van der Waals surface area contributed by atoms with E-state index < -0.39 is 0 Å². The summed E-state index contributed by atoms with van der Waals surface area (Å²) in [6.45, 7) is 6.27. The Bertz CT molecular complexity index is 611. The summed E-state index contributed by atoms with van der Waals surface area (Å²) in [6, 6.07) is 5.80. The second kappa shape index (κ2) is 6.89. The van der Waals surface area contributed by atoms with Crippen LogP contribution in [0.25, 0.3) is 0 Å². The van der Waals surface area contributed by atoms with Gasteiger partial charge < -0.3 is 14.7 Å². The fourth-order valence-electron chi connectivity index (χ4n) is 3.73. The second-order valence-electron chi connectivity index (χ2n) is 6.57. The van der Waals surface area contributed by atoms with Gasteiger partial charge in [0.2, 0.25) is 11.8 Å². The van der Waals surface area contributed by atoms with E-state index >= 15 is 0 Å². The first-order chi connectivity index (χ1) is 11.5. The van der Waals surface area contributed by atoms with Crippen LogP contribution in [-0.2, 0) is 9.59 Å². The number of carbonyl (C=O) groups is 2. The third kappa shape index (κ3) is 3.15. The summed E-state index contributed by atoms with van der Waals surface area (Å²) < 4.78 is 13.2. The van der Waals surface area contributed by atoms with Crippen molar-refractivity contribution in [2.24, 2.45) is 5.92 Å². The van der Waals surface area contributed by atoms with E-state index in [9.17, 15) is 14.0 Å². The lowest BCUT2D eigenvalue weighted by molar-refractivity contribution is -0.138. The molecule has 0 radical (unpaired) electrons. The highest BCUT2D eigenvalue weighted by Gasteiger charge is 2.44. The Morgan fingerprint density at radius 3 is 2.38 bits per heavy atom. The van der Waals surface area contributed by atoms with Crippen molar-refractivity contribution in [3.8, 4) is 0 Å². The number of hydrogen-bond donors (Lipinski definition) is 0. The van der Waals surface area contributed by atoms with Crippen LogP contribution < -0.4 is 0 Å². The summed E-state index contributed by atoms with van der Waals surface area (Å²) >= 11 is 0. The molecule has 130 valence electrons. The van der Waals surface area contributed by atoms with Crippen LogP contribution in [0.15, 0.2) is 24.3 Å². The average molecular weight is 333 g/mol. The summed E-state index contributed by atoms with van der Waals surface area (Å²) in [5.41, 5.74) is 0.815. The Balaban J connectivity index is 1.78. The highest BCUT2D eigenvalue weighted by atomic mass is 19.1. The Morgan fingerprint density at radius 1 is 1.17 bits per heavy atom. The Morgan fingerprint density at radius 2 is 1.79 bits per heavy atom. The maximum atomic E-state index is 13.2. The third-order valence-corrected chi connectivity index (χ3v) is 5.25. The van der Waals surface area contributed by atoms with Crippen LogP contribution >= 0.6 is 0 Å². The minimum Gasteiger partial charge on any atom is -0.340 e. The molecular formula is C18H24FN3O2. The summed E-state index contributed by atoms with van der Waals surface area (Å²) in [6.07, 6.45) is 0.228. The van der Waals surface area contributed by atoms with Gasteiger partial charge in [0.1, 0.15) is 5.82 Å². The van der Waals surface area contributed by atoms with Crippen molar-refractivity contribution in [2.45, 2.75) is 19.4 Å². The number of rotatable bonds is 3. The number of hydrogen-bond acceptors (Lipinski definition) is 3. The fourth-order valence-corrected chi connectivity index (χ4v) is 3.73. The van der Waals surface area contributed by atoms with Crippen molar-refractivity contribution in [3.05, 3.63) is 35.6 Å². The zero-order chi connectivity index (χ0) is 17.3. The van der Waals surface area contributed by atoms with Crippen molar-refractivity contribution in [1.82, 2.24) is 14.7 Å². The van der Waals surface area contributed by atoms with Gasteiger partial charge in [-0.1, -0.05) is 19.1 Å². The number of benzene rings is 1. The molecule has 0 aromatic heterocycles. The highest BCUT2D eigenvalue weighted by molar-refractivity contribution is 5.90. The van der Waals surface area contributed by atoms with Gasteiger partial charge in [-0.2, -0.15) is 0 Å². The quantitative estimate of drug-likeness (QED) is 0.842. The van der Waals surface area contributed by atoms with E-state index in [1.807, 2.05) is 4.90 Å². The van der Waals surface area contributed by atoms with Gasteiger partial charge in [0, 0.05) is 39.6 Å². The van der Waals surface area contributed by atoms with Gasteiger partial charge >= 0.3 is 0 Å². The molecule has 3 rings (SSSR count). The topological polar surface area (TPSA) is 43.9 Å². The van der Waals surface area contributed by atoms with Crippen LogP contribution in [0.5, 0.6) is 0 Å². The molecule has 1 aromatic carbocycles. The van der Waals surface area contributed by atoms with E-state index in [1.54, 1.807) is 24.1 Å². The molecular weight excluding hydrogens is 309 g/mol. The number of likely N-dealkylation sites (N-methyl/N-ethyl adjacent to an activating group) is 1. The standard InChI is InChI=1S/C18H24FN3O2/c1-3-21-8-10-22(11-9-21)18(24)15-12-16(23)20(2)17(15)13-4-6-14(19)7-5-13/h4-7,15,17H,3,8-12H2,1-2H3/t15-,17+/m1/s1. The van der Waals surface area contributed by atoms with Crippen LogP contribution in [0.2, 0.25) is 0 Å². The van der Waals surface area contributed by atoms with Crippen LogP contribution in [0.3, 0.4) is 0 Å². The largest absolute Gasteiger partial charge is 0.340 e. The normalized spacial score (nSPS) is 25.4. The monoisotopic (exact) mass is 333 g/mol. The Kier molecular flexibility index (Phi) is 4.85. The molecule has 2 aliphatic heterocycles. The first-order valence-corrected chi connectivity index (χ1v) is 8.53. The molecule has 5 nitrogen and oxygen atoms in total. The number of carbonyl (C=O) groups excluding carboxylic acids is 2. The van der Waals surface area contributed by atoms with Gasteiger partial charge in [-0.15, -0.1) is 0 Å². The van der Waals surface area contributed by atoms with E-state index in [1.165, 1.54) is 12.1 Å². The molecule has 2 aliphatic rings. The molecule has 6 heteroatoms. The molecule has 2 atom stereocenters. The predicted molar refractivity (Wildman–Crippen MR) is 88.7 cm³/mol. The molecule has 24 heavy (non-hydrogen) atoms. The lowest BCUT2D eigenvalue weighted by Gasteiger charge is -2.36.